The highest BCUT2D eigenvalue weighted by Crippen LogP contribution is 2.42. The molecule has 1 amide bonds. The van der Waals surface area contributed by atoms with Gasteiger partial charge in [-0.3, -0.25) is 14.7 Å². The molecular formula is C40H45F3N6O5. The van der Waals surface area contributed by atoms with E-state index in [1.165, 1.54) is 18.3 Å². The van der Waals surface area contributed by atoms with E-state index < -0.39 is 40.8 Å². The standard InChI is InChI=1S/C40H45F3N6O5/c1-38(2,3)35(50)54-25-16-23-9-10-29(42)26-8-5-15-52-37(51)47-39(4)18-24(41)20-48(21-39)34-28-19-44-32(27(17-25)30(23)26)31(43)33(28)45-36(46-34)53-22-40-11-6-13-49(40)14-7-12-40/h9-10,16-17,19,24H,5-8,11-15,18,20-22H2,1-4H3,(H,47,51). The number of benzene rings is 2. The SMILES string of the molecule is CC12CC(F)CN(C1)c1nc(OCC34CCCN3CCC4)nc3c(F)c(ncc13)-c1cc(OC(=O)C(C)(C)C)cc3ccc(F)c(c13)CCCOC(=O)N2. The van der Waals surface area contributed by atoms with Gasteiger partial charge in [-0.1, -0.05) is 6.07 Å². The van der Waals surface area contributed by atoms with Gasteiger partial charge in [-0.2, -0.15) is 9.97 Å². The highest BCUT2D eigenvalue weighted by molar-refractivity contribution is 6.02. The van der Waals surface area contributed by atoms with E-state index in [4.69, 9.17) is 19.2 Å². The average Bonchev–Trinajstić information content (AvgIpc) is 3.69. The predicted molar refractivity (Wildman–Crippen MR) is 196 cm³/mol. The topological polar surface area (TPSA) is 119 Å². The number of hydrogen-bond donors (Lipinski definition) is 1. The van der Waals surface area contributed by atoms with Crippen molar-refractivity contribution in [2.24, 2.45) is 5.41 Å². The van der Waals surface area contributed by atoms with Crippen LogP contribution in [0.4, 0.5) is 23.8 Å². The Bertz CT molecular complexity index is 2150. The fourth-order valence-corrected chi connectivity index (χ4v) is 8.70. The van der Waals surface area contributed by atoms with E-state index in [2.05, 4.69) is 20.2 Å². The van der Waals surface area contributed by atoms with Crippen molar-refractivity contribution < 1.29 is 37.0 Å². The summed E-state index contributed by atoms with van der Waals surface area (Å²) >= 11 is 0. The summed E-state index contributed by atoms with van der Waals surface area (Å²) in [6, 6.07) is 5.87. The molecule has 286 valence electrons. The van der Waals surface area contributed by atoms with E-state index in [0.717, 1.165) is 38.8 Å². The number of pyridine rings is 1. The van der Waals surface area contributed by atoms with Crippen LogP contribution in [0.25, 0.3) is 32.9 Å². The van der Waals surface area contributed by atoms with E-state index in [1.807, 2.05) is 0 Å². The number of alkyl halides is 1. The number of aryl methyl sites for hydroxylation is 1. The number of rotatable bonds is 4. The number of amides is 1. The highest BCUT2D eigenvalue weighted by Gasteiger charge is 2.45. The zero-order valence-corrected chi connectivity index (χ0v) is 31.1. The molecule has 3 saturated heterocycles. The van der Waals surface area contributed by atoms with Crippen molar-refractivity contribution in [2.75, 3.05) is 44.3 Å². The third kappa shape index (κ3) is 6.66. The molecule has 2 aromatic carbocycles. The number of alkyl carbamates (subject to hydrolysis) is 1. The summed E-state index contributed by atoms with van der Waals surface area (Å²) in [5, 5.41) is 3.90. The number of piperidine rings is 1. The predicted octanol–water partition coefficient (Wildman–Crippen LogP) is 7.06. The summed E-state index contributed by atoms with van der Waals surface area (Å²) < 4.78 is 66.5. The summed E-state index contributed by atoms with van der Waals surface area (Å²) in [6.45, 7) is 9.17. The number of hydrogen-bond acceptors (Lipinski definition) is 10. The van der Waals surface area contributed by atoms with Crippen LogP contribution in [-0.2, 0) is 16.0 Å². The van der Waals surface area contributed by atoms with E-state index in [1.54, 1.807) is 44.7 Å². The molecule has 6 bridgehead atoms. The Labute approximate surface area is 311 Å². The number of aromatic nitrogens is 3. The molecule has 2 aromatic heterocycles. The minimum absolute atomic E-state index is 0.0186. The second-order valence-corrected chi connectivity index (χ2v) is 16.6. The normalized spacial score (nSPS) is 23.0. The number of fused-ring (bicyclic) bond motifs is 7. The van der Waals surface area contributed by atoms with Crippen LogP contribution in [0, 0.1) is 17.0 Å². The van der Waals surface area contributed by atoms with Gasteiger partial charge in [-0.05, 0) is 114 Å². The third-order valence-electron chi connectivity index (χ3n) is 11.3. The maximum absolute atomic E-state index is 17.4. The zero-order chi connectivity index (χ0) is 38.0. The molecule has 2 atom stereocenters. The van der Waals surface area contributed by atoms with Gasteiger partial charge in [0.25, 0.3) is 0 Å². The summed E-state index contributed by atoms with van der Waals surface area (Å²) in [6.07, 6.45) is 3.75. The number of halogens is 3. The van der Waals surface area contributed by atoms with Gasteiger partial charge in [0.15, 0.2) is 5.82 Å². The van der Waals surface area contributed by atoms with Gasteiger partial charge in [0.2, 0.25) is 0 Å². The van der Waals surface area contributed by atoms with E-state index >= 15 is 13.2 Å². The number of nitrogens with zero attached hydrogens (tertiary/aromatic N) is 5. The van der Waals surface area contributed by atoms with Crippen LogP contribution in [0.2, 0.25) is 0 Å². The van der Waals surface area contributed by atoms with Crippen molar-refractivity contribution >= 4 is 39.6 Å². The van der Waals surface area contributed by atoms with E-state index in [0.29, 0.717) is 17.4 Å². The quantitative estimate of drug-likeness (QED) is 0.172. The second-order valence-electron chi connectivity index (χ2n) is 16.6. The highest BCUT2D eigenvalue weighted by atomic mass is 19.1. The molecule has 14 heteroatoms. The van der Waals surface area contributed by atoms with Gasteiger partial charge >= 0.3 is 18.1 Å². The molecule has 2 unspecified atom stereocenters. The smallest absolute Gasteiger partial charge is 0.407 e. The van der Waals surface area contributed by atoms with E-state index in [-0.39, 0.29) is 89.8 Å². The number of carbonyl (C=O) groups is 2. The Balaban J connectivity index is 1.34. The average molecular weight is 747 g/mol. The number of esters is 1. The largest absolute Gasteiger partial charge is 0.461 e. The maximum Gasteiger partial charge on any atom is 0.407 e. The van der Waals surface area contributed by atoms with Crippen molar-refractivity contribution in [3.8, 4) is 23.0 Å². The van der Waals surface area contributed by atoms with Crippen LogP contribution in [-0.4, -0.2) is 88.6 Å². The fraction of sp³-hybridized carbons (Fsp3) is 0.525. The lowest BCUT2D eigenvalue weighted by atomic mass is 9.90. The number of ether oxygens (including phenoxy) is 3. The van der Waals surface area contributed by atoms with Crippen molar-refractivity contribution in [2.45, 2.75) is 89.9 Å². The van der Waals surface area contributed by atoms with Gasteiger partial charge in [0.1, 0.15) is 41.4 Å². The molecule has 3 fully saturated rings. The molecular weight excluding hydrogens is 701 g/mol. The molecule has 0 spiro atoms. The summed E-state index contributed by atoms with van der Waals surface area (Å²) in [5.41, 5.74) is -1.90. The third-order valence-corrected chi connectivity index (χ3v) is 11.3. The molecule has 5 aliphatic heterocycles. The molecule has 0 radical (unpaired) electrons. The first-order chi connectivity index (χ1) is 25.7. The summed E-state index contributed by atoms with van der Waals surface area (Å²) in [5.74, 6) is -1.53. The van der Waals surface area contributed by atoms with Crippen LogP contribution >= 0.6 is 0 Å². The van der Waals surface area contributed by atoms with Gasteiger partial charge in [0, 0.05) is 24.7 Å². The first kappa shape index (κ1) is 36.3. The van der Waals surface area contributed by atoms with Gasteiger partial charge in [-0.15, -0.1) is 0 Å². The number of carbonyl (C=O) groups excluding carboxylic acids is 2. The van der Waals surface area contributed by atoms with Gasteiger partial charge in [-0.25, -0.2) is 18.0 Å². The monoisotopic (exact) mass is 746 g/mol. The van der Waals surface area contributed by atoms with Crippen LogP contribution in [0.3, 0.4) is 0 Å². The summed E-state index contributed by atoms with van der Waals surface area (Å²) in [7, 11) is 0. The van der Waals surface area contributed by atoms with Crippen LogP contribution in [0.15, 0.2) is 30.5 Å². The lowest BCUT2D eigenvalue weighted by Gasteiger charge is -2.42. The first-order valence-corrected chi connectivity index (χ1v) is 18.8. The Morgan fingerprint density at radius 1 is 1.11 bits per heavy atom. The minimum Gasteiger partial charge on any atom is -0.461 e. The van der Waals surface area contributed by atoms with Crippen LogP contribution in [0.1, 0.15) is 71.8 Å². The Morgan fingerprint density at radius 2 is 1.89 bits per heavy atom. The molecule has 7 heterocycles. The molecule has 9 rings (SSSR count). The fourth-order valence-electron chi connectivity index (χ4n) is 8.70. The molecule has 0 aliphatic carbocycles. The Kier molecular flexibility index (Phi) is 9.09. The van der Waals surface area contributed by atoms with Crippen LogP contribution in [0.5, 0.6) is 11.8 Å². The molecule has 11 nitrogen and oxygen atoms in total. The van der Waals surface area contributed by atoms with Gasteiger partial charge < -0.3 is 24.4 Å². The molecule has 1 N–H and O–H groups in total. The van der Waals surface area contributed by atoms with Crippen molar-refractivity contribution in [1.82, 2.24) is 25.2 Å². The first-order valence-electron chi connectivity index (χ1n) is 18.8. The maximum atomic E-state index is 17.4. The molecule has 4 aromatic rings. The van der Waals surface area contributed by atoms with Crippen molar-refractivity contribution in [3.63, 3.8) is 0 Å². The van der Waals surface area contributed by atoms with Gasteiger partial charge in [0.05, 0.1) is 35.0 Å². The van der Waals surface area contributed by atoms with Crippen molar-refractivity contribution in [3.05, 3.63) is 47.7 Å². The van der Waals surface area contributed by atoms with Crippen molar-refractivity contribution in [1.29, 1.82) is 0 Å². The molecule has 5 aliphatic rings. The summed E-state index contributed by atoms with van der Waals surface area (Å²) in [4.78, 5) is 44.2. The Hall–Kier alpha value is -4.72. The lowest BCUT2D eigenvalue weighted by Crippen LogP contribution is -2.60. The number of anilines is 1. The number of nitrogens with one attached hydrogen (secondary N) is 1. The lowest BCUT2D eigenvalue weighted by molar-refractivity contribution is -0.142. The zero-order valence-electron chi connectivity index (χ0n) is 31.1. The molecule has 0 saturated carbocycles. The van der Waals surface area contributed by atoms with E-state index in [9.17, 15) is 9.59 Å². The minimum atomic E-state index is -1.37. The Morgan fingerprint density at radius 3 is 2.65 bits per heavy atom. The van der Waals surface area contributed by atoms with Crippen LogP contribution < -0.4 is 19.7 Å². The second kappa shape index (κ2) is 13.5. The molecule has 54 heavy (non-hydrogen) atoms.